The van der Waals surface area contributed by atoms with Gasteiger partial charge in [0.1, 0.15) is 0 Å². The first-order valence-electron chi connectivity index (χ1n) is 8.70. The molecule has 20 heavy (non-hydrogen) atoms. The molecule has 1 nitrogen and oxygen atoms in total. The molecule has 3 aliphatic rings. The van der Waals surface area contributed by atoms with E-state index in [-0.39, 0.29) is 0 Å². The first-order valence-corrected chi connectivity index (χ1v) is 12.1. The molecule has 0 aromatic heterocycles. The van der Waals surface area contributed by atoms with Crippen LogP contribution in [0.2, 0.25) is 0 Å². The van der Waals surface area contributed by atoms with E-state index >= 15 is 0 Å². The van der Waals surface area contributed by atoms with Crippen LogP contribution in [0.1, 0.15) is 79.6 Å². The summed E-state index contributed by atoms with van der Waals surface area (Å²) in [5.41, 5.74) is 0.625. The molecule has 3 unspecified atom stereocenters. The van der Waals surface area contributed by atoms with Crippen molar-refractivity contribution >= 4 is 20.1 Å². The second-order valence-electron chi connectivity index (χ2n) is 9.01. The number of fused-ring (bicyclic) bond motifs is 1. The second kappa shape index (κ2) is 4.84. The van der Waals surface area contributed by atoms with Gasteiger partial charge in [0.25, 0.3) is 0 Å². The maximum absolute atomic E-state index is 6.96. The number of hydrogen-bond acceptors (Lipinski definition) is 1. The van der Waals surface area contributed by atoms with Crippen LogP contribution in [0.15, 0.2) is 0 Å². The van der Waals surface area contributed by atoms with Crippen molar-refractivity contribution in [2.24, 2.45) is 27.1 Å². The summed E-state index contributed by atoms with van der Waals surface area (Å²) in [6.07, 6.45) is 10.3. The van der Waals surface area contributed by atoms with E-state index in [1.54, 1.807) is 0 Å². The molecular formula is C18H34IN. The van der Waals surface area contributed by atoms with Crippen molar-refractivity contribution in [2.45, 2.75) is 86.4 Å². The Labute approximate surface area is 133 Å². The monoisotopic (exact) mass is 391 g/mol. The molecule has 0 aromatic rings. The van der Waals surface area contributed by atoms with Crippen LogP contribution >= 0.6 is 20.1 Å². The average Bonchev–Trinajstić information content (AvgIpc) is 2.79. The third-order valence-corrected chi connectivity index (χ3v) is 14.5. The predicted molar refractivity (Wildman–Crippen MR) is 97.3 cm³/mol. The molecule has 0 heterocycles. The first-order chi connectivity index (χ1) is 9.25. The summed E-state index contributed by atoms with van der Waals surface area (Å²) in [6.45, 7) is 12.2. The number of rotatable bonds is 3. The molecule has 2 heteroatoms. The van der Waals surface area contributed by atoms with Gasteiger partial charge < -0.3 is 0 Å². The van der Waals surface area contributed by atoms with Gasteiger partial charge in [0, 0.05) is 0 Å². The summed E-state index contributed by atoms with van der Waals surface area (Å²) >= 11 is -1.35. The van der Waals surface area contributed by atoms with Crippen LogP contribution in [0.5, 0.6) is 0 Å². The molecule has 0 aliphatic heterocycles. The summed E-state index contributed by atoms with van der Waals surface area (Å²) in [4.78, 5) is 0. The average molecular weight is 391 g/mol. The van der Waals surface area contributed by atoms with Gasteiger partial charge in [-0.05, 0) is 0 Å². The van der Waals surface area contributed by atoms with Crippen molar-refractivity contribution in [3.05, 3.63) is 0 Å². The maximum atomic E-state index is 6.96. The zero-order chi connectivity index (χ0) is 14.8. The Hall–Kier alpha value is 0.690. The minimum absolute atomic E-state index is 0.427. The van der Waals surface area contributed by atoms with E-state index in [0.717, 1.165) is 17.8 Å². The quantitative estimate of drug-likeness (QED) is 0.381. The topological polar surface area (TPSA) is 26.0 Å². The van der Waals surface area contributed by atoms with Gasteiger partial charge in [0.05, 0.1) is 0 Å². The van der Waals surface area contributed by atoms with Gasteiger partial charge >= 0.3 is 134 Å². The van der Waals surface area contributed by atoms with Crippen LogP contribution in [0.3, 0.4) is 0 Å². The minimum atomic E-state index is -1.35. The molecule has 3 fully saturated rings. The van der Waals surface area contributed by atoms with Gasteiger partial charge in [-0.2, -0.15) is 0 Å². The van der Waals surface area contributed by atoms with Gasteiger partial charge in [-0.1, -0.05) is 0 Å². The number of halogens is 1. The molecule has 0 aromatic carbocycles. The van der Waals surface area contributed by atoms with E-state index in [2.05, 4.69) is 34.6 Å². The van der Waals surface area contributed by atoms with E-state index in [1.165, 1.54) is 44.9 Å². The van der Waals surface area contributed by atoms with E-state index in [0.29, 0.717) is 12.3 Å². The van der Waals surface area contributed by atoms with Crippen molar-refractivity contribution in [2.75, 3.05) is 0 Å². The van der Waals surface area contributed by atoms with Crippen LogP contribution in [0.25, 0.3) is 0 Å². The zero-order valence-corrected chi connectivity index (χ0v) is 16.3. The van der Waals surface area contributed by atoms with E-state index < -0.39 is 20.1 Å². The van der Waals surface area contributed by atoms with Gasteiger partial charge in [-0.25, -0.2) is 0 Å². The SMILES string of the molecule is CCCC1(C)CCC[C@H]2C3C[C@@H](C1)C32I(N)C(C)(C)C. The number of alkyl halides is 2. The van der Waals surface area contributed by atoms with Crippen LogP contribution in [0, 0.1) is 23.2 Å². The molecule has 118 valence electrons. The Morgan fingerprint density at radius 3 is 2.55 bits per heavy atom. The van der Waals surface area contributed by atoms with Gasteiger partial charge in [0.15, 0.2) is 0 Å². The Balaban J connectivity index is 1.82. The van der Waals surface area contributed by atoms with Crippen LogP contribution in [-0.4, -0.2) is 6.84 Å². The molecule has 3 saturated carbocycles. The zero-order valence-electron chi connectivity index (χ0n) is 14.1. The van der Waals surface area contributed by atoms with Gasteiger partial charge in [-0.3, -0.25) is 0 Å². The first kappa shape index (κ1) is 15.6. The molecule has 0 radical (unpaired) electrons. The molecule has 0 spiro atoms. The van der Waals surface area contributed by atoms with E-state index in [1.807, 2.05) is 0 Å². The number of nitrogens with two attached hydrogens (primary N) is 1. The van der Waals surface area contributed by atoms with Crippen molar-refractivity contribution < 1.29 is 0 Å². The van der Waals surface area contributed by atoms with Crippen molar-refractivity contribution in [3.8, 4) is 0 Å². The fourth-order valence-electron chi connectivity index (χ4n) is 5.70. The Kier molecular flexibility index (Phi) is 3.77. The molecular weight excluding hydrogens is 357 g/mol. The molecule has 3 aliphatic carbocycles. The molecule has 0 bridgehead atoms. The molecule has 3 rings (SSSR count). The third-order valence-electron chi connectivity index (χ3n) is 6.53. The van der Waals surface area contributed by atoms with Crippen molar-refractivity contribution in [1.29, 1.82) is 0 Å². The molecule has 5 atom stereocenters. The standard InChI is InChI=1S/C18H34IN/c1-6-9-17(5)10-7-8-14-15-11-13(12-17)18(14,15)19(20)16(2,3)4/h13-15H,6-12,20H2,1-5H3/t13-,14-,15?,17?,18?/m0/s1. The summed E-state index contributed by atoms with van der Waals surface area (Å²) in [5.74, 6) is 3.11. The fourth-order valence-corrected chi connectivity index (χ4v) is 12.9. The Bertz CT molecular complexity index is 387. The number of hydrogen-bond donors (Lipinski definition) is 1. The van der Waals surface area contributed by atoms with Crippen molar-refractivity contribution in [3.63, 3.8) is 0 Å². The van der Waals surface area contributed by atoms with E-state index in [9.17, 15) is 0 Å². The van der Waals surface area contributed by atoms with Crippen molar-refractivity contribution in [1.82, 2.24) is 0 Å². The van der Waals surface area contributed by atoms with Crippen LogP contribution < -0.4 is 3.95 Å². The second-order valence-corrected chi connectivity index (χ2v) is 15.9. The summed E-state index contributed by atoms with van der Waals surface area (Å²) in [6, 6.07) is 0. The predicted octanol–water partition coefficient (Wildman–Crippen LogP) is 5.55. The third kappa shape index (κ3) is 2.11. The van der Waals surface area contributed by atoms with Crippen LogP contribution in [-0.2, 0) is 0 Å². The van der Waals surface area contributed by atoms with Gasteiger partial charge in [0.2, 0.25) is 0 Å². The molecule has 0 saturated heterocycles. The Morgan fingerprint density at radius 1 is 1.25 bits per heavy atom. The van der Waals surface area contributed by atoms with Crippen LogP contribution in [0.4, 0.5) is 0 Å². The normalized spacial score (nSPS) is 47.7. The summed E-state index contributed by atoms with van der Waals surface area (Å²) < 4.78 is 8.09. The summed E-state index contributed by atoms with van der Waals surface area (Å²) in [5, 5.41) is 0. The molecule has 2 N–H and O–H groups in total. The van der Waals surface area contributed by atoms with E-state index in [4.69, 9.17) is 3.95 Å². The molecule has 0 amide bonds. The fraction of sp³-hybridized carbons (Fsp3) is 1.00. The van der Waals surface area contributed by atoms with Gasteiger partial charge in [-0.15, -0.1) is 0 Å². The Morgan fingerprint density at radius 2 is 1.95 bits per heavy atom. The summed E-state index contributed by atoms with van der Waals surface area (Å²) in [7, 11) is 0.